The fourth-order valence-corrected chi connectivity index (χ4v) is 0.999. The molecule has 2 N–H and O–H groups in total. The summed E-state index contributed by atoms with van der Waals surface area (Å²) < 4.78 is 5.31. The molecule has 0 rings (SSSR count). The predicted molar refractivity (Wildman–Crippen MR) is 53.2 cm³/mol. The van der Waals surface area contributed by atoms with Gasteiger partial charge in [0.1, 0.15) is 5.54 Å². The van der Waals surface area contributed by atoms with Gasteiger partial charge in [0.25, 0.3) is 0 Å². The summed E-state index contributed by atoms with van der Waals surface area (Å²) in [4.78, 5) is 0. The van der Waals surface area contributed by atoms with Gasteiger partial charge in [-0.2, -0.15) is 5.26 Å². The Morgan fingerprint density at radius 3 is 2.62 bits per heavy atom. The number of hydrogen-bond donors (Lipinski definition) is 1. The fourth-order valence-electron chi connectivity index (χ4n) is 0.999. The molecule has 0 spiro atoms. The van der Waals surface area contributed by atoms with Crippen molar-refractivity contribution < 1.29 is 4.74 Å². The summed E-state index contributed by atoms with van der Waals surface area (Å²) in [5, 5.41) is 8.63. The monoisotopic (exact) mass is 184 g/mol. The molecule has 13 heavy (non-hydrogen) atoms. The number of ether oxygens (including phenoxy) is 1. The summed E-state index contributed by atoms with van der Waals surface area (Å²) in [7, 11) is 0. The first kappa shape index (κ1) is 12.4. The molecule has 0 bridgehead atoms. The van der Waals surface area contributed by atoms with E-state index in [1.54, 1.807) is 6.92 Å². The summed E-state index contributed by atoms with van der Waals surface area (Å²) in [5.74, 6) is 0. The SMILES string of the molecule is CCCOCCCCC(C)(N)C#N. The molecule has 1 atom stereocenters. The van der Waals surface area contributed by atoms with Crippen LogP contribution in [0.25, 0.3) is 0 Å². The van der Waals surface area contributed by atoms with Crippen LogP contribution in [0.4, 0.5) is 0 Å². The summed E-state index contributed by atoms with van der Waals surface area (Å²) in [6, 6.07) is 2.08. The minimum Gasteiger partial charge on any atom is -0.381 e. The Morgan fingerprint density at radius 2 is 2.08 bits per heavy atom. The zero-order valence-corrected chi connectivity index (χ0v) is 8.68. The summed E-state index contributed by atoms with van der Waals surface area (Å²) in [6.45, 7) is 5.47. The average molecular weight is 184 g/mol. The molecule has 0 saturated carbocycles. The van der Waals surface area contributed by atoms with Crippen molar-refractivity contribution in [2.75, 3.05) is 13.2 Å². The van der Waals surface area contributed by atoms with Crippen LogP contribution in [0.5, 0.6) is 0 Å². The van der Waals surface area contributed by atoms with Crippen LogP contribution in [0.2, 0.25) is 0 Å². The Balaban J connectivity index is 3.22. The third-order valence-corrected chi connectivity index (χ3v) is 1.84. The van der Waals surface area contributed by atoms with Crippen molar-refractivity contribution in [2.45, 2.75) is 45.1 Å². The van der Waals surface area contributed by atoms with Gasteiger partial charge >= 0.3 is 0 Å². The molecule has 3 nitrogen and oxygen atoms in total. The van der Waals surface area contributed by atoms with Gasteiger partial charge in [-0.1, -0.05) is 6.92 Å². The van der Waals surface area contributed by atoms with E-state index in [4.69, 9.17) is 15.7 Å². The van der Waals surface area contributed by atoms with Crippen LogP contribution in [0.1, 0.15) is 39.5 Å². The topological polar surface area (TPSA) is 59.0 Å². The standard InChI is InChI=1S/C10H20N2O/c1-3-7-13-8-5-4-6-10(2,12)9-11/h3-8,12H2,1-2H3. The molecule has 0 fully saturated rings. The maximum atomic E-state index is 8.63. The fraction of sp³-hybridized carbons (Fsp3) is 0.900. The van der Waals surface area contributed by atoms with E-state index in [1.165, 1.54) is 0 Å². The van der Waals surface area contributed by atoms with Gasteiger partial charge in [-0.3, -0.25) is 0 Å². The van der Waals surface area contributed by atoms with Gasteiger partial charge in [0.05, 0.1) is 6.07 Å². The first-order chi connectivity index (χ1) is 6.12. The first-order valence-corrected chi connectivity index (χ1v) is 4.90. The van der Waals surface area contributed by atoms with Crippen molar-refractivity contribution in [2.24, 2.45) is 5.73 Å². The van der Waals surface area contributed by atoms with Crippen LogP contribution < -0.4 is 5.73 Å². The second-order valence-corrected chi connectivity index (χ2v) is 3.60. The van der Waals surface area contributed by atoms with Gasteiger partial charge < -0.3 is 10.5 Å². The van der Waals surface area contributed by atoms with Crippen molar-refractivity contribution >= 4 is 0 Å². The highest BCUT2D eigenvalue weighted by Gasteiger charge is 2.15. The van der Waals surface area contributed by atoms with E-state index in [0.717, 1.165) is 38.9 Å². The number of nitrogens with zero attached hydrogens (tertiary/aromatic N) is 1. The van der Waals surface area contributed by atoms with E-state index in [9.17, 15) is 0 Å². The molecule has 0 aliphatic heterocycles. The third kappa shape index (κ3) is 7.76. The predicted octanol–water partition coefficient (Wildman–Crippen LogP) is 1.82. The number of rotatable bonds is 7. The van der Waals surface area contributed by atoms with Crippen molar-refractivity contribution in [1.82, 2.24) is 0 Å². The number of unbranched alkanes of at least 4 members (excludes halogenated alkanes) is 1. The molecular formula is C10H20N2O. The van der Waals surface area contributed by atoms with Gasteiger partial charge in [-0.15, -0.1) is 0 Å². The lowest BCUT2D eigenvalue weighted by molar-refractivity contribution is 0.130. The summed E-state index contributed by atoms with van der Waals surface area (Å²) in [5.41, 5.74) is 4.99. The molecule has 3 heteroatoms. The molecule has 1 unspecified atom stereocenters. The molecule has 0 aromatic carbocycles. The third-order valence-electron chi connectivity index (χ3n) is 1.84. The molecule has 0 aliphatic rings. The summed E-state index contributed by atoms with van der Waals surface area (Å²) >= 11 is 0. The van der Waals surface area contributed by atoms with Crippen molar-refractivity contribution in [1.29, 1.82) is 5.26 Å². The van der Waals surface area contributed by atoms with E-state index >= 15 is 0 Å². The van der Waals surface area contributed by atoms with Crippen molar-refractivity contribution in [3.63, 3.8) is 0 Å². The minimum atomic E-state index is -0.662. The van der Waals surface area contributed by atoms with Crippen LogP contribution in [0, 0.1) is 11.3 Å². The van der Waals surface area contributed by atoms with Crippen molar-refractivity contribution in [3.05, 3.63) is 0 Å². The maximum Gasteiger partial charge on any atom is 0.101 e. The highest BCUT2D eigenvalue weighted by molar-refractivity contribution is 5.00. The molecular weight excluding hydrogens is 164 g/mol. The molecule has 0 radical (unpaired) electrons. The molecule has 0 amide bonds. The smallest absolute Gasteiger partial charge is 0.101 e. The van der Waals surface area contributed by atoms with E-state index in [1.807, 2.05) is 0 Å². The van der Waals surface area contributed by atoms with Gasteiger partial charge in [-0.05, 0) is 32.6 Å². The van der Waals surface area contributed by atoms with E-state index in [2.05, 4.69) is 13.0 Å². The zero-order chi connectivity index (χ0) is 10.2. The normalized spacial score (nSPS) is 14.9. The lowest BCUT2D eigenvalue weighted by Gasteiger charge is -2.14. The average Bonchev–Trinajstić information content (AvgIpc) is 2.11. The second-order valence-electron chi connectivity index (χ2n) is 3.60. The van der Waals surface area contributed by atoms with Gasteiger partial charge in [-0.25, -0.2) is 0 Å². The Labute approximate surface area is 80.9 Å². The van der Waals surface area contributed by atoms with Crippen LogP contribution in [0.15, 0.2) is 0 Å². The quantitative estimate of drug-likeness (QED) is 0.614. The lowest BCUT2D eigenvalue weighted by Crippen LogP contribution is -2.33. The van der Waals surface area contributed by atoms with Crippen LogP contribution in [0.3, 0.4) is 0 Å². The van der Waals surface area contributed by atoms with E-state index in [-0.39, 0.29) is 0 Å². The lowest BCUT2D eigenvalue weighted by atomic mass is 9.98. The Bertz CT molecular complexity index is 161. The maximum absolute atomic E-state index is 8.63. The Kier molecular flexibility index (Phi) is 6.56. The molecule has 0 aliphatic carbocycles. The van der Waals surface area contributed by atoms with Gasteiger partial charge in [0.15, 0.2) is 0 Å². The van der Waals surface area contributed by atoms with Crippen LogP contribution in [-0.4, -0.2) is 18.8 Å². The van der Waals surface area contributed by atoms with Crippen LogP contribution in [-0.2, 0) is 4.74 Å². The van der Waals surface area contributed by atoms with Crippen molar-refractivity contribution in [3.8, 4) is 6.07 Å². The van der Waals surface area contributed by atoms with Gasteiger partial charge in [0.2, 0.25) is 0 Å². The Hall–Kier alpha value is -0.590. The number of hydrogen-bond acceptors (Lipinski definition) is 3. The van der Waals surface area contributed by atoms with Gasteiger partial charge in [0, 0.05) is 13.2 Å². The number of nitriles is 1. The molecule has 0 aromatic rings. The van der Waals surface area contributed by atoms with E-state index in [0.29, 0.717) is 0 Å². The zero-order valence-electron chi connectivity index (χ0n) is 8.68. The largest absolute Gasteiger partial charge is 0.381 e. The van der Waals surface area contributed by atoms with E-state index < -0.39 is 5.54 Å². The molecule has 0 saturated heterocycles. The highest BCUT2D eigenvalue weighted by Crippen LogP contribution is 2.08. The first-order valence-electron chi connectivity index (χ1n) is 4.90. The number of nitrogens with two attached hydrogens (primary N) is 1. The summed E-state index contributed by atoms with van der Waals surface area (Å²) in [6.07, 6.45) is 3.77. The molecule has 76 valence electrons. The van der Waals surface area contributed by atoms with Crippen LogP contribution >= 0.6 is 0 Å². The molecule has 0 heterocycles. The Morgan fingerprint density at radius 1 is 1.38 bits per heavy atom. The highest BCUT2D eigenvalue weighted by atomic mass is 16.5. The minimum absolute atomic E-state index is 0.662. The second kappa shape index (κ2) is 6.88. The molecule has 0 aromatic heterocycles.